The van der Waals surface area contributed by atoms with E-state index in [0.717, 1.165) is 12.1 Å². The maximum Gasteiger partial charge on any atom is 0.239 e. The van der Waals surface area contributed by atoms with E-state index in [9.17, 15) is 4.79 Å². The summed E-state index contributed by atoms with van der Waals surface area (Å²) in [5.74, 6) is 0.00614. The summed E-state index contributed by atoms with van der Waals surface area (Å²) in [6.45, 7) is 6.33. The van der Waals surface area contributed by atoms with Crippen LogP contribution >= 0.6 is 11.6 Å². The normalized spacial score (nSPS) is 19.7. The van der Waals surface area contributed by atoms with Crippen LogP contribution in [-0.4, -0.2) is 42.6 Å². The number of hydrogen-bond acceptors (Lipinski definition) is 4. The Labute approximate surface area is 130 Å². The Hall–Kier alpha value is -1.30. The maximum atomic E-state index is 12.3. The molecule has 0 saturated carbocycles. The van der Waals surface area contributed by atoms with E-state index < -0.39 is 0 Å². The molecule has 1 atom stereocenters. The van der Waals surface area contributed by atoms with Crippen LogP contribution < -0.4 is 11.1 Å². The van der Waals surface area contributed by atoms with E-state index in [1.54, 1.807) is 6.07 Å². The Balaban J connectivity index is 2.07. The minimum Gasteiger partial charge on any atom is -0.398 e. The summed E-state index contributed by atoms with van der Waals surface area (Å²) in [6.07, 6.45) is 0. The van der Waals surface area contributed by atoms with Gasteiger partial charge in [0.25, 0.3) is 0 Å². The number of nitrogens with one attached hydrogen (secondary N) is 1. The van der Waals surface area contributed by atoms with Gasteiger partial charge in [0.2, 0.25) is 5.91 Å². The zero-order valence-corrected chi connectivity index (χ0v) is 13.2. The zero-order chi connectivity index (χ0) is 15.4. The molecule has 5 nitrogen and oxygen atoms in total. The summed E-state index contributed by atoms with van der Waals surface area (Å²) < 4.78 is 5.45. The van der Waals surface area contributed by atoms with Crippen molar-refractivity contribution in [1.82, 2.24) is 10.2 Å². The van der Waals surface area contributed by atoms with Crippen molar-refractivity contribution in [2.45, 2.75) is 32.5 Å². The average molecular weight is 312 g/mol. The molecule has 1 aromatic carbocycles. The second-order valence-electron chi connectivity index (χ2n) is 5.58. The fourth-order valence-corrected chi connectivity index (χ4v) is 2.49. The van der Waals surface area contributed by atoms with E-state index >= 15 is 0 Å². The lowest BCUT2D eigenvalue weighted by molar-refractivity contribution is -0.133. The molecular weight excluding hydrogens is 290 g/mol. The van der Waals surface area contributed by atoms with Gasteiger partial charge >= 0.3 is 0 Å². The topological polar surface area (TPSA) is 67.6 Å². The number of halogens is 1. The summed E-state index contributed by atoms with van der Waals surface area (Å²) in [5, 5.41) is 3.49. The van der Waals surface area contributed by atoms with Crippen LogP contribution in [0.3, 0.4) is 0 Å². The minimum absolute atomic E-state index is 0.00614. The van der Waals surface area contributed by atoms with E-state index in [0.29, 0.717) is 30.5 Å². The Morgan fingerprint density at radius 1 is 1.57 bits per heavy atom. The number of nitrogens with zero attached hydrogens (tertiary/aromatic N) is 1. The molecule has 116 valence electrons. The third-order valence-corrected chi connectivity index (χ3v) is 3.76. The van der Waals surface area contributed by atoms with Crippen molar-refractivity contribution in [3.63, 3.8) is 0 Å². The molecule has 0 bridgehead atoms. The fourth-order valence-electron chi connectivity index (χ4n) is 2.38. The smallest absolute Gasteiger partial charge is 0.239 e. The number of benzene rings is 1. The molecule has 2 rings (SSSR count). The number of carbonyl (C=O) groups is 1. The molecule has 21 heavy (non-hydrogen) atoms. The van der Waals surface area contributed by atoms with Gasteiger partial charge in [-0.05, 0) is 31.5 Å². The molecule has 1 unspecified atom stereocenters. The highest BCUT2D eigenvalue weighted by Crippen LogP contribution is 2.21. The van der Waals surface area contributed by atoms with E-state index in [1.807, 2.05) is 26.0 Å². The zero-order valence-electron chi connectivity index (χ0n) is 12.4. The molecule has 1 aliphatic rings. The van der Waals surface area contributed by atoms with E-state index in [2.05, 4.69) is 10.2 Å². The number of morpholine rings is 1. The molecule has 0 radical (unpaired) electrons. The van der Waals surface area contributed by atoms with Crippen LogP contribution in [0.4, 0.5) is 5.69 Å². The van der Waals surface area contributed by atoms with Crippen molar-refractivity contribution in [3.8, 4) is 0 Å². The first-order valence-corrected chi connectivity index (χ1v) is 7.51. The Morgan fingerprint density at radius 2 is 2.33 bits per heavy atom. The van der Waals surface area contributed by atoms with Gasteiger partial charge in [-0.3, -0.25) is 9.69 Å². The van der Waals surface area contributed by atoms with Crippen LogP contribution in [0.25, 0.3) is 0 Å². The molecule has 3 N–H and O–H groups in total. The standard InChI is InChI=1S/C15H22ClN3O2/c1-10(2)18-15(20)14-9-21-6-5-19(14)8-11-3-4-12(16)13(17)7-11/h3-4,7,10,14H,5-6,8-9,17H2,1-2H3,(H,18,20). The number of amides is 1. The largest absolute Gasteiger partial charge is 0.398 e. The van der Waals surface area contributed by atoms with Crippen LogP contribution in [0.5, 0.6) is 0 Å². The lowest BCUT2D eigenvalue weighted by Crippen LogP contribution is -2.54. The molecule has 1 fully saturated rings. The first-order valence-electron chi connectivity index (χ1n) is 7.13. The van der Waals surface area contributed by atoms with Gasteiger partial charge in [0.15, 0.2) is 0 Å². The highest BCUT2D eigenvalue weighted by Gasteiger charge is 2.29. The first kappa shape index (κ1) is 16.1. The number of nitrogens with two attached hydrogens (primary N) is 1. The maximum absolute atomic E-state index is 12.3. The molecular formula is C15H22ClN3O2. The highest BCUT2D eigenvalue weighted by atomic mass is 35.5. The molecule has 0 aromatic heterocycles. The highest BCUT2D eigenvalue weighted by molar-refractivity contribution is 6.33. The summed E-state index contributed by atoms with van der Waals surface area (Å²) >= 11 is 5.94. The van der Waals surface area contributed by atoms with Gasteiger partial charge in [0.05, 0.1) is 23.9 Å². The fraction of sp³-hybridized carbons (Fsp3) is 0.533. The van der Waals surface area contributed by atoms with E-state index in [4.69, 9.17) is 22.1 Å². The summed E-state index contributed by atoms with van der Waals surface area (Å²) in [6, 6.07) is 5.43. The quantitative estimate of drug-likeness (QED) is 0.830. The summed E-state index contributed by atoms with van der Waals surface area (Å²) in [5.41, 5.74) is 7.44. The van der Waals surface area contributed by atoms with Crippen molar-refractivity contribution in [1.29, 1.82) is 0 Å². The molecule has 0 aliphatic carbocycles. The molecule has 1 saturated heterocycles. The summed E-state index contributed by atoms with van der Waals surface area (Å²) in [7, 11) is 0. The van der Waals surface area contributed by atoms with Crippen LogP contribution in [0.15, 0.2) is 18.2 Å². The monoisotopic (exact) mass is 311 g/mol. The first-order chi connectivity index (χ1) is 9.97. The molecule has 6 heteroatoms. The SMILES string of the molecule is CC(C)NC(=O)C1COCCN1Cc1ccc(Cl)c(N)c1. The third-order valence-electron chi connectivity index (χ3n) is 3.42. The van der Waals surface area contributed by atoms with Crippen LogP contribution in [0.2, 0.25) is 5.02 Å². The molecule has 1 aromatic rings. The predicted molar refractivity (Wildman–Crippen MR) is 84.2 cm³/mol. The van der Waals surface area contributed by atoms with Gasteiger partial charge in [0, 0.05) is 19.1 Å². The molecule has 1 heterocycles. The number of carbonyl (C=O) groups excluding carboxylic acids is 1. The van der Waals surface area contributed by atoms with Crippen molar-refractivity contribution >= 4 is 23.2 Å². The van der Waals surface area contributed by atoms with Gasteiger partial charge in [-0.2, -0.15) is 0 Å². The van der Waals surface area contributed by atoms with Gasteiger partial charge < -0.3 is 15.8 Å². The third kappa shape index (κ3) is 4.33. The minimum atomic E-state index is -0.266. The van der Waals surface area contributed by atoms with Gasteiger partial charge in [-0.1, -0.05) is 17.7 Å². The van der Waals surface area contributed by atoms with Crippen molar-refractivity contribution < 1.29 is 9.53 Å². The van der Waals surface area contributed by atoms with Crippen LogP contribution in [0.1, 0.15) is 19.4 Å². The van der Waals surface area contributed by atoms with Crippen molar-refractivity contribution in [2.75, 3.05) is 25.5 Å². The van der Waals surface area contributed by atoms with E-state index in [-0.39, 0.29) is 18.0 Å². The Morgan fingerprint density at radius 3 is 3.00 bits per heavy atom. The Bertz CT molecular complexity index is 508. The number of anilines is 1. The lowest BCUT2D eigenvalue weighted by Gasteiger charge is -2.35. The number of ether oxygens (including phenoxy) is 1. The van der Waals surface area contributed by atoms with Gasteiger partial charge in [-0.15, -0.1) is 0 Å². The number of nitrogen functional groups attached to an aromatic ring is 1. The van der Waals surface area contributed by atoms with E-state index in [1.165, 1.54) is 0 Å². The average Bonchev–Trinajstić information content (AvgIpc) is 2.43. The summed E-state index contributed by atoms with van der Waals surface area (Å²) in [4.78, 5) is 14.4. The van der Waals surface area contributed by atoms with Crippen molar-refractivity contribution in [3.05, 3.63) is 28.8 Å². The van der Waals surface area contributed by atoms with Gasteiger partial charge in [-0.25, -0.2) is 0 Å². The van der Waals surface area contributed by atoms with Crippen LogP contribution in [0, 0.1) is 0 Å². The van der Waals surface area contributed by atoms with Crippen molar-refractivity contribution in [2.24, 2.45) is 0 Å². The number of rotatable bonds is 4. The molecule has 1 aliphatic heterocycles. The van der Waals surface area contributed by atoms with Gasteiger partial charge in [0.1, 0.15) is 6.04 Å². The second kappa shape index (κ2) is 7.11. The predicted octanol–water partition coefficient (Wildman–Crippen LogP) is 1.65. The Kier molecular flexibility index (Phi) is 5.45. The molecule has 0 spiro atoms. The molecule has 1 amide bonds. The second-order valence-corrected chi connectivity index (χ2v) is 5.99. The lowest BCUT2D eigenvalue weighted by atomic mass is 10.1. The number of hydrogen-bond donors (Lipinski definition) is 2. The van der Waals surface area contributed by atoms with Crippen LogP contribution in [-0.2, 0) is 16.1 Å².